The Kier molecular flexibility index (Phi) is 4.57. The molecule has 1 aliphatic rings. The molecule has 2 heterocycles. The predicted octanol–water partition coefficient (Wildman–Crippen LogP) is -0.160. The second-order valence-corrected chi connectivity index (χ2v) is 7.08. The summed E-state index contributed by atoms with van der Waals surface area (Å²) in [7, 11) is -1.13. The summed E-state index contributed by atoms with van der Waals surface area (Å²) in [5, 5.41) is 0. The number of hydrogen-bond acceptors (Lipinski definition) is 5. The van der Waals surface area contributed by atoms with Gasteiger partial charge in [0.25, 0.3) is 5.91 Å². The highest BCUT2D eigenvalue weighted by Gasteiger charge is 2.39. The quantitative estimate of drug-likeness (QED) is 0.772. The summed E-state index contributed by atoms with van der Waals surface area (Å²) in [6, 6.07) is 0.390. The van der Waals surface area contributed by atoms with E-state index in [4.69, 9.17) is 10.5 Å². The molecule has 1 atom stereocenters. The van der Waals surface area contributed by atoms with Crippen molar-refractivity contribution in [2.75, 3.05) is 13.7 Å². The molecule has 1 saturated heterocycles. The van der Waals surface area contributed by atoms with E-state index >= 15 is 0 Å². The summed E-state index contributed by atoms with van der Waals surface area (Å²) in [5.41, 5.74) is 5.29. The second kappa shape index (κ2) is 6.09. The van der Waals surface area contributed by atoms with Crippen molar-refractivity contribution in [1.82, 2.24) is 8.87 Å². The molecule has 1 amide bonds. The van der Waals surface area contributed by atoms with E-state index in [1.165, 1.54) is 31.0 Å². The van der Waals surface area contributed by atoms with E-state index in [0.29, 0.717) is 12.8 Å². The van der Waals surface area contributed by atoms with Crippen LogP contribution >= 0.6 is 0 Å². The molecule has 2 rings (SSSR count). The lowest BCUT2D eigenvalue weighted by molar-refractivity contribution is -0.146. The highest BCUT2D eigenvalue weighted by molar-refractivity contribution is 7.89. The van der Waals surface area contributed by atoms with Gasteiger partial charge in [0.1, 0.15) is 16.6 Å². The third kappa shape index (κ3) is 2.86. The summed E-state index contributed by atoms with van der Waals surface area (Å²) in [6.45, 7) is 0.239. The number of nitrogens with two attached hydrogens (primary N) is 1. The van der Waals surface area contributed by atoms with Crippen LogP contribution in [0.15, 0.2) is 17.2 Å². The number of nitrogens with zero attached hydrogens (tertiary/aromatic N) is 2. The van der Waals surface area contributed by atoms with Crippen molar-refractivity contribution >= 4 is 21.9 Å². The Balaban J connectivity index is 2.41. The molecule has 0 bridgehead atoms. The first-order chi connectivity index (χ1) is 10.3. The fraction of sp³-hybridized carbons (Fsp3) is 0.538. The molecule has 1 aromatic heterocycles. The summed E-state index contributed by atoms with van der Waals surface area (Å²) in [5.74, 6) is -1.29. The molecule has 1 aliphatic heterocycles. The molecular formula is C13H19N3O5S. The average molecular weight is 329 g/mol. The van der Waals surface area contributed by atoms with Crippen LogP contribution in [0.4, 0.5) is 0 Å². The van der Waals surface area contributed by atoms with E-state index in [2.05, 4.69) is 0 Å². The van der Waals surface area contributed by atoms with Crippen LogP contribution in [0.3, 0.4) is 0 Å². The van der Waals surface area contributed by atoms with Crippen LogP contribution in [0.25, 0.3) is 0 Å². The minimum atomic E-state index is -3.90. The number of carbonyl (C=O) groups excluding carboxylic acids is 2. The van der Waals surface area contributed by atoms with Gasteiger partial charge in [-0.3, -0.25) is 9.59 Å². The summed E-state index contributed by atoms with van der Waals surface area (Å²) < 4.78 is 32.7. The van der Waals surface area contributed by atoms with Gasteiger partial charge in [0.05, 0.1) is 7.11 Å². The van der Waals surface area contributed by atoms with Crippen molar-refractivity contribution in [2.45, 2.75) is 30.2 Å². The molecule has 9 heteroatoms. The fourth-order valence-electron chi connectivity index (χ4n) is 2.62. The maximum Gasteiger partial charge on any atom is 0.324 e. The van der Waals surface area contributed by atoms with Crippen LogP contribution in [0.5, 0.6) is 0 Å². The molecule has 22 heavy (non-hydrogen) atoms. The first-order valence-electron chi connectivity index (χ1n) is 6.85. The van der Waals surface area contributed by atoms with Crippen LogP contribution in [-0.4, -0.2) is 48.9 Å². The zero-order valence-corrected chi connectivity index (χ0v) is 13.3. The number of rotatable bonds is 4. The molecule has 8 nitrogen and oxygen atoms in total. The zero-order valence-electron chi connectivity index (χ0n) is 12.5. The van der Waals surface area contributed by atoms with Crippen LogP contribution < -0.4 is 5.73 Å². The largest absolute Gasteiger partial charge is 0.468 e. The van der Waals surface area contributed by atoms with Crippen molar-refractivity contribution in [3.63, 3.8) is 0 Å². The number of carbonyl (C=O) groups is 2. The first-order valence-corrected chi connectivity index (χ1v) is 8.29. The first kappa shape index (κ1) is 16.5. The maximum atomic E-state index is 12.8. The van der Waals surface area contributed by atoms with Gasteiger partial charge in [-0.2, -0.15) is 4.31 Å². The highest BCUT2D eigenvalue weighted by Crippen LogP contribution is 2.27. The highest BCUT2D eigenvalue weighted by atomic mass is 32.2. The van der Waals surface area contributed by atoms with E-state index in [1.54, 1.807) is 0 Å². The SMILES string of the molecule is COC(=O)[C@H]1CCCCN1S(=O)(=O)c1cc(C(N)=O)n(C)c1. The molecule has 0 spiro atoms. The van der Waals surface area contributed by atoms with E-state index in [-0.39, 0.29) is 17.1 Å². The molecule has 0 radical (unpaired) electrons. The van der Waals surface area contributed by atoms with Crippen molar-refractivity contribution in [1.29, 1.82) is 0 Å². The molecule has 1 aromatic rings. The lowest BCUT2D eigenvalue weighted by atomic mass is 10.1. The Labute approximate surface area is 128 Å². The topological polar surface area (TPSA) is 112 Å². The smallest absolute Gasteiger partial charge is 0.324 e. The number of primary amides is 1. The standard InChI is InChI=1S/C13H19N3O5S/c1-15-8-9(7-11(15)12(14)17)22(19,20)16-6-4-3-5-10(16)13(18)21-2/h7-8,10H,3-6H2,1-2H3,(H2,14,17)/t10-/m1/s1. The number of ether oxygens (including phenoxy) is 1. The van der Waals surface area contributed by atoms with Gasteiger partial charge in [-0.15, -0.1) is 0 Å². The van der Waals surface area contributed by atoms with E-state index in [1.807, 2.05) is 0 Å². The van der Waals surface area contributed by atoms with Crippen molar-refractivity contribution in [2.24, 2.45) is 12.8 Å². The number of amides is 1. The number of piperidine rings is 1. The number of esters is 1. The van der Waals surface area contributed by atoms with Gasteiger partial charge in [0, 0.05) is 19.8 Å². The van der Waals surface area contributed by atoms with Crippen LogP contribution in [0.1, 0.15) is 29.8 Å². The van der Waals surface area contributed by atoms with Gasteiger partial charge < -0.3 is 15.0 Å². The minimum absolute atomic E-state index is 0.0559. The number of sulfonamides is 1. The van der Waals surface area contributed by atoms with Gasteiger partial charge in [0.15, 0.2) is 0 Å². The third-order valence-electron chi connectivity index (χ3n) is 3.77. The Morgan fingerprint density at radius 1 is 1.36 bits per heavy atom. The third-order valence-corrected chi connectivity index (χ3v) is 5.64. The van der Waals surface area contributed by atoms with Gasteiger partial charge >= 0.3 is 5.97 Å². The van der Waals surface area contributed by atoms with Gasteiger partial charge in [0.2, 0.25) is 10.0 Å². The molecule has 0 saturated carbocycles. The van der Waals surface area contributed by atoms with Crippen molar-refractivity contribution in [3.05, 3.63) is 18.0 Å². The number of aromatic nitrogens is 1. The second-order valence-electron chi connectivity index (χ2n) is 5.19. The van der Waals surface area contributed by atoms with Crippen molar-refractivity contribution < 1.29 is 22.7 Å². The summed E-state index contributed by atoms with van der Waals surface area (Å²) >= 11 is 0. The van der Waals surface area contributed by atoms with Gasteiger partial charge in [-0.1, -0.05) is 0 Å². The van der Waals surface area contributed by atoms with E-state index < -0.39 is 27.9 Å². The van der Waals surface area contributed by atoms with Crippen LogP contribution in [0, 0.1) is 0 Å². The van der Waals surface area contributed by atoms with E-state index in [0.717, 1.165) is 10.7 Å². The Morgan fingerprint density at radius 3 is 2.59 bits per heavy atom. The molecule has 1 fully saturated rings. The van der Waals surface area contributed by atoms with E-state index in [9.17, 15) is 18.0 Å². The molecule has 0 unspecified atom stereocenters. The average Bonchev–Trinajstić information content (AvgIpc) is 2.89. The van der Waals surface area contributed by atoms with Gasteiger partial charge in [-0.25, -0.2) is 8.42 Å². The Bertz CT molecular complexity index is 695. The molecule has 0 aromatic carbocycles. The minimum Gasteiger partial charge on any atom is -0.468 e. The Hall–Kier alpha value is -1.87. The van der Waals surface area contributed by atoms with Crippen LogP contribution in [0.2, 0.25) is 0 Å². The molecule has 0 aliphatic carbocycles. The Morgan fingerprint density at radius 2 is 2.05 bits per heavy atom. The lowest BCUT2D eigenvalue weighted by Crippen LogP contribution is -2.48. The zero-order chi connectivity index (χ0) is 16.5. The number of aryl methyl sites for hydroxylation is 1. The summed E-state index contributed by atoms with van der Waals surface area (Å²) in [4.78, 5) is 23.0. The number of hydrogen-bond donors (Lipinski definition) is 1. The lowest BCUT2D eigenvalue weighted by Gasteiger charge is -2.32. The van der Waals surface area contributed by atoms with Crippen LogP contribution in [-0.2, 0) is 26.6 Å². The fourth-order valence-corrected chi connectivity index (χ4v) is 4.34. The predicted molar refractivity (Wildman–Crippen MR) is 77.5 cm³/mol. The van der Waals surface area contributed by atoms with Crippen molar-refractivity contribution in [3.8, 4) is 0 Å². The monoisotopic (exact) mass is 329 g/mol. The molecule has 122 valence electrons. The normalized spacial score (nSPS) is 19.8. The maximum absolute atomic E-state index is 12.8. The summed E-state index contributed by atoms with van der Waals surface area (Å²) in [6.07, 6.45) is 3.16. The van der Waals surface area contributed by atoms with Gasteiger partial charge in [-0.05, 0) is 25.3 Å². The number of methoxy groups -OCH3 is 1. The molecule has 2 N–H and O–H groups in total. The molecular weight excluding hydrogens is 310 g/mol.